The van der Waals surface area contributed by atoms with Crippen molar-refractivity contribution in [3.05, 3.63) is 0 Å². The van der Waals surface area contributed by atoms with Gasteiger partial charge in [0.05, 0.1) is 17.5 Å². The van der Waals surface area contributed by atoms with Gasteiger partial charge in [-0.25, -0.2) is 13.4 Å². The van der Waals surface area contributed by atoms with E-state index in [1.54, 1.807) is 4.90 Å². The third-order valence-corrected chi connectivity index (χ3v) is 6.68. The Hall–Kier alpha value is -1.44. The summed E-state index contributed by atoms with van der Waals surface area (Å²) in [5.41, 5.74) is 0.392. The zero-order chi connectivity index (χ0) is 16.6. The Balaban J connectivity index is 1.73. The van der Waals surface area contributed by atoms with Gasteiger partial charge in [-0.05, 0) is 25.2 Å². The van der Waals surface area contributed by atoms with Crippen molar-refractivity contribution >= 4 is 27.4 Å². The smallest absolute Gasteiger partial charge is 0.270 e. The fourth-order valence-electron chi connectivity index (χ4n) is 3.37. The summed E-state index contributed by atoms with van der Waals surface area (Å²) in [6.45, 7) is 3.64. The van der Waals surface area contributed by atoms with E-state index in [9.17, 15) is 18.0 Å². The van der Waals surface area contributed by atoms with Crippen LogP contribution in [-0.2, 0) is 19.4 Å². The molecule has 23 heavy (non-hydrogen) atoms. The minimum absolute atomic E-state index is 0.0507. The lowest BCUT2D eigenvalue weighted by Crippen LogP contribution is -2.46. The third-order valence-electron chi connectivity index (χ3n) is 4.93. The number of nitrogens with zero attached hydrogens (tertiary/aromatic N) is 3. The highest BCUT2D eigenvalue weighted by molar-refractivity contribution is 7.91. The van der Waals surface area contributed by atoms with Crippen molar-refractivity contribution in [1.29, 1.82) is 0 Å². The lowest BCUT2D eigenvalue weighted by atomic mass is 9.98. The SMILES string of the molecule is CC1CCN(C(=O)C2=NN([C@H]3CCS(=O)(=O)C3)C(=O)CC2)CC1. The summed E-state index contributed by atoms with van der Waals surface area (Å²) in [7, 11) is -3.09. The van der Waals surface area contributed by atoms with Gasteiger partial charge in [0.1, 0.15) is 5.71 Å². The maximum atomic E-state index is 12.6. The average Bonchev–Trinajstić information content (AvgIpc) is 2.88. The molecule has 0 spiro atoms. The van der Waals surface area contributed by atoms with Crippen LogP contribution in [0.4, 0.5) is 0 Å². The minimum atomic E-state index is -3.09. The highest BCUT2D eigenvalue weighted by Gasteiger charge is 2.38. The van der Waals surface area contributed by atoms with Crippen molar-refractivity contribution < 1.29 is 18.0 Å². The number of sulfone groups is 1. The molecule has 3 aliphatic heterocycles. The lowest BCUT2D eigenvalue weighted by Gasteiger charge is -2.33. The number of rotatable bonds is 2. The first-order valence-corrected chi connectivity index (χ1v) is 10.1. The molecule has 1 atom stereocenters. The highest BCUT2D eigenvalue weighted by atomic mass is 32.2. The van der Waals surface area contributed by atoms with Gasteiger partial charge in [0, 0.05) is 25.9 Å². The summed E-state index contributed by atoms with van der Waals surface area (Å²) in [6, 6.07) is -0.419. The fraction of sp³-hybridized carbons (Fsp3) is 0.800. The molecular formula is C15H23N3O4S. The number of hydrogen-bond acceptors (Lipinski definition) is 5. The van der Waals surface area contributed by atoms with Gasteiger partial charge in [-0.1, -0.05) is 6.92 Å². The van der Waals surface area contributed by atoms with Crippen LogP contribution in [0.2, 0.25) is 0 Å². The molecule has 0 bridgehead atoms. The van der Waals surface area contributed by atoms with E-state index in [0.717, 1.165) is 25.9 Å². The van der Waals surface area contributed by atoms with E-state index < -0.39 is 15.9 Å². The van der Waals surface area contributed by atoms with Gasteiger partial charge in [-0.2, -0.15) is 5.10 Å². The van der Waals surface area contributed by atoms with Crippen LogP contribution in [0.5, 0.6) is 0 Å². The summed E-state index contributed by atoms with van der Waals surface area (Å²) in [5.74, 6) is 0.384. The Labute approximate surface area is 136 Å². The maximum Gasteiger partial charge on any atom is 0.270 e. The van der Waals surface area contributed by atoms with Crippen molar-refractivity contribution in [1.82, 2.24) is 9.91 Å². The molecule has 0 aliphatic carbocycles. The summed E-state index contributed by atoms with van der Waals surface area (Å²) in [5, 5.41) is 5.51. The van der Waals surface area contributed by atoms with Gasteiger partial charge in [-0.15, -0.1) is 0 Å². The second kappa shape index (κ2) is 6.22. The van der Waals surface area contributed by atoms with Crippen molar-refractivity contribution in [3.8, 4) is 0 Å². The molecule has 0 aromatic rings. The first kappa shape index (κ1) is 16.4. The van der Waals surface area contributed by atoms with E-state index in [-0.39, 0.29) is 29.7 Å². The lowest BCUT2D eigenvalue weighted by molar-refractivity contribution is -0.134. The molecule has 3 heterocycles. The van der Waals surface area contributed by atoms with Crippen LogP contribution < -0.4 is 0 Å². The molecule has 3 aliphatic rings. The minimum Gasteiger partial charge on any atom is -0.338 e. The van der Waals surface area contributed by atoms with Gasteiger partial charge in [0.2, 0.25) is 5.91 Å². The van der Waals surface area contributed by atoms with Crippen molar-refractivity contribution in [3.63, 3.8) is 0 Å². The number of likely N-dealkylation sites (tertiary alicyclic amines) is 1. The van der Waals surface area contributed by atoms with Crippen LogP contribution in [0, 0.1) is 5.92 Å². The van der Waals surface area contributed by atoms with E-state index in [1.165, 1.54) is 5.01 Å². The Morgan fingerprint density at radius 3 is 2.48 bits per heavy atom. The van der Waals surface area contributed by atoms with Crippen LogP contribution in [0.15, 0.2) is 5.10 Å². The first-order valence-electron chi connectivity index (χ1n) is 8.25. The summed E-state index contributed by atoms with van der Waals surface area (Å²) in [6.07, 6.45) is 2.95. The number of hydrazone groups is 1. The maximum absolute atomic E-state index is 12.6. The molecule has 2 amide bonds. The normalized spacial score (nSPS) is 28.8. The predicted octanol–water partition coefficient (Wildman–Crippen LogP) is 0.410. The standard InChI is InChI=1S/C15H23N3O4S/c1-11-4-7-17(8-5-11)15(20)13-2-3-14(19)18(16-13)12-6-9-23(21,22)10-12/h11-12H,2-10H2,1H3/t12-/m0/s1. The van der Waals surface area contributed by atoms with Crippen molar-refractivity contribution in [2.24, 2.45) is 11.0 Å². The van der Waals surface area contributed by atoms with E-state index >= 15 is 0 Å². The Morgan fingerprint density at radius 1 is 1.17 bits per heavy atom. The van der Waals surface area contributed by atoms with Gasteiger partial charge in [0.15, 0.2) is 9.84 Å². The quantitative estimate of drug-likeness (QED) is 0.728. The number of hydrogen-bond donors (Lipinski definition) is 0. The van der Waals surface area contributed by atoms with Crippen LogP contribution in [0.1, 0.15) is 39.0 Å². The molecule has 8 heteroatoms. The fourth-order valence-corrected chi connectivity index (χ4v) is 5.07. The topological polar surface area (TPSA) is 87.1 Å². The molecule has 7 nitrogen and oxygen atoms in total. The molecular weight excluding hydrogens is 318 g/mol. The van der Waals surface area contributed by atoms with E-state index in [1.807, 2.05) is 0 Å². The van der Waals surface area contributed by atoms with E-state index in [2.05, 4.69) is 12.0 Å². The van der Waals surface area contributed by atoms with Gasteiger partial charge < -0.3 is 4.90 Å². The van der Waals surface area contributed by atoms with Crippen LogP contribution in [-0.4, -0.2) is 66.5 Å². The number of piperidine rings is 1. The molecule has 0 N–H and O–H groups in total. The molecule has 0 saturated carbocycles. The second-order valence-corrected chi connectivity index (χ2v) is 9.05. The molecule has 0 aromatic carbocycles. The molecule has 0 radical (unpaired) electrons. The Kier molecular flexibility index (Phi) is 4.44. The van der Waals surface area contributed by atoms with Gasteiger partial charge in [0.25, 0.3) is 5.91 Å². The molecule has 128 valence electrons. The van der Waals surface area contributed by atoms with Crippen LogP contribution >= 0.6 is 0 Å². The second-order valence-electron chi connectivity index (χ2n) is 6.82. The van der Waals surface area contributed by atoms with Crippen molar-refractivity contribution in [2.75, 3.05) is 24.6 Å². The summed E-state index contributed by atoms with van der Waals surface area (Å²) < 4.78 is 23.2. The first-order chi connectivity index (χ1) is 10.9. The predicted molar refractivity (Wildman–Crippen MR) is 85.6 cm³/mol. The highest BCUT2D eigenvalue weighted by Crippen LogP contribution is 2.23. The van der Waals surface area contributed by atoms with Gasteiger partial charge in [-0.3, -0.25) is 9.59 Å². The van der Waals surface area contributed by atoms with Crippen LogP contribution in [0.25, 0.3) is 0 Å². The number of amides is 2. The monoisotopic (exact) mass is 341 g/mol. The summed E-state index contributed by atoms with van der Waals surface area (Å²) >= 11 is 0. The largest absolute Gasteiger partial charge is 0.338 e. The van der Waals surface area contributed by atoms with Crippen LogP contribution in [0.3, 0.4) is 0 Å². The number of carbonyl (C=O) groups is 2. The molecule has 0 aromatic heterocycles. The van der Waals surface area contributed by atoms with E-state index in [4.69, 9.17) is 0 Å². The zero-order valence-electron chi connectivity index (χ0n) is 13.4. The van der Waals surface area contributed by atoms with E-state index in [0.29, 0.717) is 24.5 Å². The number of carbonyl (C=O) groups excluding carboxylic acids is 2. The Bertz CT molecular complexity index is 635. The zero-order valence-corrected chi connectivity index (χ0v) is 14.2. The third kappa shape index (κ3) is 3.57. The van der Waals surface area contributed by atoms with Crippen molar-refractivity contribution in [2.45, 2.75) is 45.1 Å². The molecule has 2 saturated heterocycles. The molecule has 0 unspecified atom stereocenters. The average molecular weight is 341 g/mol. The summed E-state index contributed by atoms with van der Waals surface area (Å²) in [4.78, 5) is 26.5. The Morgan fingerprint density at radius 2 is 1.87 bits per heavy atom. The molecule has 3 rings (SSSR count). The molecule has 2 fully saturated rings. The van der Waals surface area contributed by atoms with Gasteiger partial charge >= 0.3 is 0 Å².